The van der Waals surface area contributed by atoms with Gasteiger partial charge in [0.1, 0.15) is 16.0 Å². The molecule has 2 N–H and O–H groups in total. The molecule has 0 saturated carbocycles. The Morgan fingerprint density at radius 2 is 1.64 bits per heavy atom. The van der Waals surface area contributed by atoms with Crippen molar-refractivity contribution in [2.24, 2.45) is 0 Å². The Morgan fingerprint density at radius 3 is 2.36 bits per heavy atom. The van der Waals surface area contributed by atoms with Gasteiger partial charge in [-0.05, 0) is 53.1 Å². The number of ether oxygens (including phenoxy) is 1. The first-order valence-corrected chi connectivity index (χ1v) is 14.7. The van der Waals surface area contributed by atoms with Crippen LogP contribution in [0.5, 0.6) is 0 Å². The number of carbonyl (C=O) groups excluding carboxylic acids is 2. The summed E-state index contributed by atoms with van der Waals surface area (Å²) in [4.78, 5) is 40.5. The number of benzene rings is 3. The number of urea groups is 1. The molecule has 0 unspecified atom stereocenters. The number of amides is 3. The quantitative estimate of drug-likeness (QED) is 0.224. The molecule has 2 aliphatic heterocycles. The zero-order valence-electron chi connectivity index (χ0n) is 22.3. The van der Waals surface area contributed by atoms with Gasteiger partial charge in [-0.1, -0.05) is 48.0 Å². The Balaban J connectivity index is 1.13. The van der Waals surface area contributed by atoms with E-state index in [4.69, 9.17) is 16.3 Å². The molecule has 0 spiro atoms. The molecule has 0 radical (unpaired) electrons. The van der Waals surface area contributed by atoms with Gasteiger partial charge in [-0.25, -0.2) is 19.7 Å². The molecule has 0 bridgehead atoms. The highest BCUT2D eigenvalue weighted by Gasteiger charge is 2.33. The van der Waals surface area contributed by atoms with Crippen LogP contribution in [-0.2, 0) is 11.3 Å². The highest BCUT2D eigenvalue weighted by Crippen LogP contribution is 2.45. The highest BCUT2D eigenvalue weighted by molar-refractivity contribution is 7.21. The fourth-order valence-electron chi connectivity index (χ4n) is 5.21. The summed E-state index contributed by atoms with van der Waals surface area (Å²) in [5, 5.41) is 7.19. The summed E-state index contributed by atoms with van der Waals surface area (Å²) in [6.45, 7) is 4.17. The Labute approximate surface area is 250 Å². The second kappa shape index (κ2) is 11.1. The minimum absolute atomic E-state index is 0.319. The minimum Gasteiger partial charge on any atom is -0.379 e. The van der Waals surface area contributed by atoms with Crippen LogP contribution in [0, 0.1) is 0 Å². The Morgan fingerprint density at radius 1 is 0.952 bits per heavy atom. The smallest absolute Gasteiger partial charge is 0.332 e. The zero-order chi connectivity index (χ0) is 28.6. The molecule has 5 aromatic rings. The predicted octanol–water partition coefficient (Wildman–Crippen LogP) is 6.78. The van der Waals surface area contributed by atoms with E-state index in [0.717, 1.165) is 44.0 Å². The molecule has 42 heavy (non-hydrogen) atoms. The Kier molecular flexibility index (Phi) is 7.04. The summed E-state index contributed by atoms with van der Waals surface area (Å²) < 4.78 is 5.42. The van der Waals surface area contributed by atoms with Crippen LogP contribution in [-0.4, -0.2) is 53.1 Å². The number of hydrogen-bond donors (Lipinski definition) is 2. The summed E-state index contributed by atoms with van der Waals surface area (Å²) >= 11 is 7.25. The third kappa shape index (κ3) is 5.10. The van der Waals surface area contributed by atoms with Crippen LogP contribution < -0.4 is 15.5 Å². The van der Waals surface area contributed by atoms with Crippen molar-refractivity contribution < 1.29 is 14.3 Å². The summed E-state index contributed by atoms with van der Waals surface area (Å²) in [5.74, 6) is 0.113. The molecular formula is C31H25ClN6O3S. The second-order valence-corrected chi connectivity index (χ2v) is 11.5. The van der Waals surface area contributed by atoms with Gasteiger partial charge in [0.25, 0.3) is 5.91 Å². The number of anilines is 4. The van der Waals surface area contributed by atoms with Gasteiger partial charge < -0.3 is 15.4 Å². The zero-order valence-corrected chi connectivity index (χ0v) is 23.9. The average molecular weight is 597 g/mol. The molecule has 2 aromatic heterocycles. The van der Waals surface area contributed by atoms with Crippen molar-refractivity contribution >= 4 is 68.0 Å². The van der Waals surface area contributed by atoms with Crippen LogP contribution in [0.1, 0.15) is 15.2 Å². The van der Waals surface area contributed by atoms with Gasteiger partial charge in [-0.15, -0.1) is 11.3 Å². The first-order valence-electron chi connectivity index (χ1n) is 13.5. The van der Waals surface area contributed by atoms with E-state index in [0.29, 0.717) is 43.0 Å². The van der Waals surface area contributed by atoms with E-state index in [1.165, 1.54) is 28.1 Å². The van der Waals surface area contributed by atoms with E-state index >= 15 is 0 Å². The fourth-order valence-corrected chi connectivity index (χ4v) is 6.32. The molecule has 9 nitrogen and oxygen atoms in total. The van der Waals surface area contributed by atoms with Crippen LogP contribution in [0.3, 0.4) is 0 Å². The van der Waals surface area contributed by atoms with Crippen LogP contribution in [0.25, 0.3) is 21.3 Å². The molecule has 2 aliphatic rings. The first kappa shape index (κ1) is 26.5. The lowest BCUT2D eigenvalue weighted by molar-refractivity contribution is 0.0342. The molecule has 4 heterocycles. The molecule has 1 fully saturated rings. The molecule has 3 amide bonds. The lowest BCUT2D eigenvalue weighted by atomic mass is 10.1. The van der Waals surface area contributed by atoms with Crippen molar-refractivity contribution in [1.29, 1.82) is 0 Å². The topological polar surface area (TPSA) is 99.7 Å². The third-order valence-electron chi connectivity index (χ3n) is 7.35. The average Bonchev–Trinajstić information content (AvgIpc) is 3.39. The maximum absolute atomic E-state index is 13.4. The maximum Gasteiger partial charge on any atom is 0.332 e. The van der Waals surface area contributed by atoms with Gasteiger partial charge in [-0.2, -0.15) is 0 Å². The van der Waals surface area contributed by atoms with Crippen molar-refractivity contribution in [3.8, 4) is 11.1 Å². The van der Waals surface area contributed by atoms with E-state index in [9.17, 15) is 9.59 Å². The first-order chi connectivity index (χ1) is 20.5. The lowest BCUT2D eigenvalue weighted by Crippen LogP contribution is -2.35. The van der Waals surface area contributed by atoms with Gasteiger partial charge in [0.2, 0.25) is 0 Å². The summed E-state index contributed by atoms with van der Waals surface area (Å²) in [5.41, 5.74) is 4.91. The maximum atomic E-state index is 13.4. The molecule has 0 aliphatic carbocycles. The SMILES string of the molecule is O=C(Nc1ccc(CN2CCOCC2)cc1)c1sc2ncnc3c2c1NC(=O)N3c1ccc(-c2ccc(Cl)cc2)cc1. The second-order valence-electron chi connectivity index (χ2n) is 10.0. The number of rotatable bonds is 6. The number of aromatic nitrogens is 2. The largest absolute Gasteiger partial charge is 0.379 e. The summed E-state index contributed by atoms with van der Waals surface area (Å²) in [7, 11) is 0. The standard InChI is InChI=1S/C31H25ClN6O3S/c32-22-7-3-20(4-8-22)21-5-11-24(12-6-21)38-28-25-26(36-31(38)40)27(42-30(25)34-18-33-28)29(39)35-23-9-1-19(2-10-23)17-37-13-15-41-16-14-37/h1-12,18H,13-17H2,(H,35,39)(H,36,40). The van der Waals surface area contributed by atoms with Gasteiger partial charge in [0.15, 0.2) is 5.82 Å². The van der Waals surface area contributed by atoms with E-state index < -0.39 is 6.03 Å². The predicted molar refractivity (Wildman–Crippen MR) is 166 cm³/mol. The number of halogens is 1. The molecule has 7 rings (SSSR count). The number of nitrogens with one attached hydrogen (secondary N) is 2. The number of hydrogen-bond acceptors (Lipinski definition) is 7. The van der Waals surface area contributed by atoms with Crippen molar-refractivity contribution in [1.82, 2.24) is 14.9 Å². The summed E-state index contributed by atoms with van der Waals surface area (Å²) in [6.07, 6.45) is 1.42. The van der Waals surface area contributed by atoms with Crippen molar-refractivity contribution in [3.63, 3.8) is 0 Å². The lowest BCUT2D eigenvalue weighted by Gasteiger charge is -2.27. The van der Waals surface area contributed by atoms with Crippen LogP contribution in [0.4, 0.5) is 27.7 Å². The number of morpholine rings is 1. The monoisotopic (exact) mass is 596 g/mol. The van der Waals surface area contributed by atoms with E-state index in [1.54, 1.807) is 0 Å². The van der Waals surface area contributed by atoms with Gasteiger partial charge in [0.05, 0.1) is 30.0 Å². The molecular weight excluding hydrogens is 572 g/mol. The molecule has 0 atom stereocenters. The molecule has 3 aromatic carbocycles. The van der Waals surface area contributed by atoms with Gasteiger partial charge in [-0.3, -0.25) is 9.69 Å². The molecule has 1 saturated heterocycles. The van der Waals surface area contributed by atoms with Crippen LogP contribution in [0.15, 0.2) is 79.1 Å². The number of nitrogens with zero attached hydrogens (tertiary/aromatic N) is 4. The summed E-state index contributed by atoms with van der Waals surface area (Å²) in [6, 6.07) is 22.6. The van der Waals surface area contributed by atoms with Gasteiger partial charge in [0, 0.05) is 30.3 Å². The third-order valence-corrected chi connectivity index (χ3v) is 8.69. The number of thiophene rings is 1. The Bertz CT molecular complexity index is 1790. The van der Waals surface area contributed by atoms with E-state index in [-0.39, 0.29) is 5.91 Å². The molecule has 11 heteroatoms. The number of carbonyl (C=O) groups is 2. The fraction of sp³-hybridized carbons (Fsp3) is 0.161. The van der Waals surface area contributed by atoms with Gasteiger partial charge >= 0.3 is 6.03 Å². The van der Waals surface area contributed by atoms with Crippen LogP contribution >= 0.6 is 22.9 Å². The molecule has 210 valence electrons. The normalized spacial score (nSPS) is 15.1. The van der Waals surface area contributed by atoms with Crippen molar-refractivity contribution in [3.05, 3.63) is 94.6 Å². The van der Waals surface area contributed by atoms with Crippen molar-refractivity contribution in [2.75, 3.05) is 41.8 Å². The van der Waals surface area contributed by atoms with Crippen LogP contribution in [0.2, 0.25) is 5.02 Å². The highest BCUT2D eigenvalue weighted by atomic mass is 35.5. The van der Waals surface area contributed by atoms with E-state index in [2.05, 4.69) is 25.5 Å². The van der Waals surface area contributed by atoms with E-state index in [1.807, 2.05) is 72.8 Å². The Hall–Kier alpha value is -4.35. The minimum atomic E-state index is -0.401. The van der Waals surface area contributed by atoms with Crippen molar-refractivity contribution in [2.45, 2.75) is 6.54 Å².